The largest absolute Gasteiger partial charge is 0.412 e. The van der Waals surface area contributed by atoms with Crippen molar-refractivity contribution in [3.63, 3.8) is 0 Å². The number of hydrogen-bond acceptors (Lipinski definition) is 1. The van der Waals surface area contributed by atoms with Crippen LogP contribution in [0.5, 0.6) is 0 Å². The van der Waals surface area contributed by atoms with E-state index in [0.717, 1.165) is 10.0 Å². The van der Waals surface area contributed by atoms with Crippen LogP contribution in [0.2, 0.25) is 0 Å². The number of rotatable bonds is 1. The fourth-order valence-electron chi connectivity index (χ4n) is 0.629. The van der Waals surface area contributed by atoms with E-state index in [9.17, 15) is 0 Å². The zero-order valence-corrected chi connectivity index (χ0v) is 8.58. The van der Waals surface area contributed by atoms with Gasteiger partial charge in [-0.15, -0.1) is 12.4 Å². The fourth-order valence-corrected chi connectivity index (χ4v) is 0.894. The van der Waals surface area contributed by atoms with Gasteiger partial charge in [-0.25, -0.2) is 0 Å². The Kier molecular flexibility index (Phi) is 6.98. The van der Waals surface area contributed by atoms with E-state index >= 15 is 0 Å². The average molecular weight is 254 g/mol. The van der Waals surface area contributed by atoms with Crippen LogP contribution in [-0.2, 0) is 0 Å². The summed E-state index contributed by atoms with van der Waals surface area (Å²) < 4.78 is 0.998. The second-order valence-electron chi connectivity index (χ2n) is 1.92. The molecule has 0 bridgehead atoms. The van der Waals surface area contributed by atoms with Crippen LogP contribution < -0.4 is 5.73 Å². The molecular weight excluding hydrogens is 243 g/mol. The topological polar surface area (TPSA) is 81.4 Å². The van der Waals surface area contributed by atoms with Gasteiger partial charge in [-0.05, 0) is 12.1 Å². The van der Waals surface area contributed by atoms with E-state index in [-0.39, 0.29) is 23.7 Å². The van der Waals surface area contributed by atoms with Crippen molar-refractivity contribution >= 4 is 34.2 Å². The summed E-state index contributed by atoms with van der Waals surface area (Å²) in [6.45, 7) is 0. The van der Waals surface area contributed by atoms with E-state index in [1.165, 1.54) is 0 Å². The molecule has 0 saturated heterocycles. The highest BCUT2D eigenvalue weighted by molar-refractivity contribution is 9.10. The molecule has 0 aromatic heterocycles. The predicted octanol–water partition coefficient (Wildman–Crippen LogP) is 1.33. The summed E-state index contributed by atoms with van der Waals surface area (Å²) in [7, 11) is 0. The van der Waals surface area contributed by atoms with Crippen molar-refractivity contribution in [2.24, 2.45) is 5.73 Å². The molecule has 0 aliphatic rings. The van der Waals surface area contributed by atoms with E-state index in [0.29, 0.717) is 0 Å². The highest BCUT2D eigenvalue weighted by atomic mass is 79.9. The Balaban J connectivity index is 0. The Morgan fingerprint density at radius 2 is 1.67 bits per heavy atom. The smallest absolute Gasteiger partial charge is 0.122 e. The van der Waals surface area contributed by atoms with Gasteiger partial charge >= 0.3 is 0 Å². The highest BCUT2D eigenvalue weighted by Gasteiger charge is 1.92. The summed E-state index contributed by atoms with van der Waals surface area (Å²) in [5, 5.41) is 7.07. The highest BCUT2D eigenvalue weighted by Crippen LogP contribution is 2.09. The first kappa shape index (κ1) is 14.0. The fraction of sp³-hybridized carbons (Fsp3) is 0. The van der Waals surface area contributed by atoms with Gasteiger partial charge < -0.3 is 11.2 Å². The minimum Gasteiger partial charge on any atom is -0.412 e. The van der Waals surface area contributed by atoms with Gasteiger partial charge in [0.15, 0.2) is 0 Å². The Labute approximate surface area is 85.3 Å². The van der Waals surface area contributed by atoms with Gasteiger partial charge in [0.25, 0.3) is 0 Å². The lowest BCUT2D eigenvalue weighted by atomic mass is 10.2. The lowest BCUT2D eigenvalue weighted by Crippen LogP contribution is -2.10. The summed E-state index contributed by atoms with van der Waals surface area (Å²) >= 11 is 3.28. The zero-order chi connectivity index (χ0) is 7.56. The van der Waals surface area contributed by atoms with E-state index in [1.807, 2.05) is 12.1 Å². The van der Waals surface area contributed by atoms with Gasteiger partial charge in [0.05, 0.1) is 0 Å². The molecule has 0 aliphatic carbocycles. The maximum atomic E-state index is 7.07. The Hall–Kier alpha value is -0.580. The van der Waals surface area contributed by atoms with Crippen LogP contribution in [0.25, 0.3) is 0 Å². The van der Waals surface area contributed by atoms with Crippen LogP contribution in [0.1, 0.15) is 5.56 Å². The van der Waals surface area contributed by atoms with Gasteiger partial charge in [0.1, 0.15) is 5.84 Å². The molecule has 0 amide bonds. The second-order valence-corrected chi connectivity index (χ2v) is 2.84. The summed E-state index contributed by atoms with van der Waals surface area (Å²) in [4.78, 5) is 0. The SMILES string of the molecule is Cl.N=C(N)c1ccc(Br)cc1.O. The summed E-state index contributed by atoms with van der Waals surface area (Å²) in [6.07, 6.45) is 0. The molecule has 1 aromatic carbocycles. The summed E-state index contributed by atoms with van der Waals surface area (Å²) in [5.41, 5.74) is 5.98. The molecule has 5 heteroatoms. The van der Waals surface area contributed by atoms with Crippen molar-refractivity contribution < 1.29 is 5.48 Å². The minimum atomic E-state index is 0. The number of benzene rings is 1. The molecule has 0 saturated carbocycles. The van der Waals surface area contributed by atoms with Crippen LogP contribution in [0.4, 0.5) is 0 Å². The van der Waals surface area contributed by atoms with Crippen molar-refractivity contribution in [1.29, 1.82) is 5.41 Å². The number of amidine groups is 1. The quantitative estimate of drug-likeness (QED) is 0.574. The normalized spacial score (nSPS) is 7.75. The van der Waals surface area contributed by atoms with Crippen molar-refractivity contribution in [2.75, 3.05) is 0 Å². The summed E-state index contributed by atoms with van der Waals surface area (Å²) in [5.74, 6) is 0.104. The number of nitrogen functional groups attached to an aromatic ring is 1. The van der Waals surface area contributed by atoms with Crippen LogP contribution in [0.15, 0.2) is 28.7 Å². The molecule has 0 fully saturated rings. The molecule has 1 rings (SSSR count). The van der Waals surface area contributed by atoms with Crippen LogP contribution >= 0.6 is 28.3 Å². The molecular formula is C7H10BrClN2O. The van der Waals surface area contributed by atoms with Crippen molar-refractivity contribution in [3.05, 3.63) is 34.3 Å². The third kappa shape index (κ3) is 3.71. The lowest BCUT2D eigenvalue weighted by Gasteiger charge is -1.95. The standard InChI is InChI=1S/C7H7BrN2.ClH.H2O/c8-6-3-1-5(2-4-6)7(9)10;;/h1-4H,(H3,9,10);1H;1H2. The Morgan fingerprint density at radius 3 is 2.00 bits per heavy atom. The monoisotopic (exact) mass is 252 g/mol. The number of nitrogens with two attached hydrogens (primary N) is 1. The molecule has 68 valence electrons. The zero-order valence-electron chi connectivity index (χ0n) is 6.17. The van der Waals surface area contributed by atoms with Crippen molar-refractivity contribution in [2.45, 2.75) is 0 Å². The maximum absolute atomic E-state index is 7.07. The molecule has 0 unspecified atom stereocenters. The molecule has 0 atom stereocenters. The van der Waals surface area contributed by atoms with Gasteiger partial charge in [0.2, 0.25) is 0 Å². The van der Waals surface area contributed by atoms with Crippen molar-refractivity contribution in [1.82, 2.24) is 0 Å². The predicted molar refractivity (Wildman–Crippen MR) is 56.0 cm³/mol. The number of hydrogen-bond donors (Lipinski definition) is 2. The lowest BCUT2D eigenvalue weighted by molar-refractivity contribution is 0.824. The van der Waals surface area contributed by atoms with Crippen LogP contribution in [0.3, 0.4) is 0 Å². The first-order valence-corrected chi connectivity index (χ1v) is 3.59. The van der Waals surface area contributed by atoms with Crippen LogP contribution in [0, 0.1) is 5.41 Å². The molecule has 0 spiro atoms. The van der Waals surface area contributed by atoms with E-state index < -0.39 is 0 Å². The third-order valence-electron chi connectivity index (χ3n) is 1.16. The maximum Gasteiger partial charge on any atom is 0.122 e. The molecule has 0 aliphatic heterocycles. The number of halogens is 2. The van der Waals surface area contributed by atoms with E-state index in [2.05, 4.69) is 15.9 Å². The van der Waals surface area contributed by atoms with Gasteiger partial charge in [-0.1, -0.05) is 28.1 Å². The van der Waals surface area contributed by atoms with Crippen molar-refractivity contribution in [3.8, 4) is 0 Å². The van der Waals surface area contributed by atoms with E-state index in [1.54, 1.807) is 12.1 Å². The molecule has 1 aromatic rings. The second kappa shape index (κ2) is 5.99. The molecule has 12 heavy (non-hydrogen) atoms. The van der Waals surface area contributed by atoms with Gasteiger partial charge in [-0.2, -0.15) is 0 Å². The molecule has 3 nitrogen and oxygen atoms in total. The number of nitrogens with one attached hydrogen (secondary N) is 1. The first-order valence-electron chi connectivity index (χ1n) is 2.80. The summed E-state index contributed by atoms with van der Waals surface area (Å²) in [6, 6.07) is 7.31. The Bertz CT molecular complexity index is 250. The Morgan fingerprint density at radius 1 is 1.25 bits per heavy atom. The molecule has 0 heterocycles. The minimum absolute atomic E-state index is 0. The van der Waals surface area contributed by atoms with Crippen LogP contribution in [-0.4, -0.2) is 11.3 Å². The molecule has 0 radical (unpaired) electrons. The van der Waals surface area contributed by atoms with E-state index in [4.69, 9.17) is 11.1 Å². The van der Waals surface area contributed by atoms with Gasteiger partial charge in [-0.3, -0.25) is 5.41 Å². The first-order chi connectivity index (χ1) is 4.70. The third-order valence-corrected chi connectivity index (χ3v) is 1.68. The van der Waals surface area contributed by atoms with Gasteiger partial charge in [0, 0.05) is 10.0 Å². The molecule has 5 N–H and O–H groups in total. The average Bonchev–Trinajstić information content (AvgIpc) is 1.88.